The van der Waals surface area contributed by atoms with Crippen molar-refractivity contribution in [2.45, 2.75) is 32.1 Å². The number of nitrogens with one attached hydrogen (secondary N) is 2. The van der Waals surface area contributed by atoms with Crippen LogP contribution in [0.5, 0.6) is 0 Å². The largest absolute Gasteiger partial charge is 0.353 e. The molecule has 2 amide bonds. The number of fused-ring (bicyclic) bond motifs is 1. The van der Waals surface area contributed by atoms with E-state index >= 15 is 0 Å². The summed E-state index contributed by atoms with van der Waals surface area (Å²) in [5, 5.41) is 10.2. The highest BCUT2D eigenvalue weighted by atomic mass is 19.1. The van der Waals surface area contributed by atoms with Crippen LogP contribution in [0.3, 0.4) is 0 Å². The Bertz CT molecular complexity index is 917. The molecule has 0 bridgehead atoms. The molecule has 1 unspecified atom stereocenters. The van der Waals surface area contributed by atoms with E-state index in [0.717, 1.165) is 37.4 Å². The molecule has 1 aromatic carbocycles. The molecule has 0 spiro atoms. The van der Waals surface area contributed by atoms with Crippen LogP contribution < -0.4 is 15.5 Å². The van der Waals surface area contributed by atoms with Gasteiger partial charge in [-0.3, -0.25) is 14.3 Å². The van der Waals surface area contributed by atoms with Crippen LogP contribution in [-0.4, -0.2) is 34.7 Å². The summed E-state index contributed by atoms with van der Waals surface area (Å²) >= 11 is 0. The molecule has 2 N–H and O–H groups in total. The highest BCUT2D eigenvalue weighted by molar-refractivity contribution is 6.06. The number of halogens is 1. The summed E-state index contributed by atoms with van der Waals surface area (Å²) in [5.74, 6) is -0.930. The Hall–Kier alpha value is -2.90. The molecule has 2 aromatic rings. The van der Waals surface area contributed by atoms with E-state index in [1.54, 1.807) is 10.7 Å². The lowest BCUT2D eigenvalue weighted by molar-refractivity contribution is -0.123. The van der Waals surface area contributed by atoms with Crippen LogP contribution >= 0.6 is 0 Å². The lowest BCUT2D eigenvalue weighted by atomic mass is 9.89. The molecule has 1 atom stereocenters. The highest BCUT2D eigenvalue weighted by Gasteiger charge is 2.32. The number of hydrogen-bond donors (Lipinski definition) is 2. The van der Waals surface area contributed by atoms with E-state index < -0.39 is 11.7 Å². The molecule has 7 nitrogen and oxygen atoms in total. The number of anilines is 3. The van der Waals surface area contributed by atoms with Crippen molar-refractivity contribution >= 4 is 29.0 Å². The molecule has 0 radical (unpaired) electrons. The summed E-state index contributed by atoms with van der Waals surface area (Å²) in [4.78, 5) is 27.2. The van der Waals surface area contributed by atoms with Crippen molar-refractivity contribution in [1.29, 1.82) is 0 Å². The summed E-state index contributed by atoms with van der Waals surface area (Å²) in [7, 11) is 1.84. The van der Waals surface area contributed by atoms with Crippen LogP contribution in [0.25, 0.3) is 0 Å². The molecule has 8 heteroatoms. The summed E-state index contributed by atoms with van der Waals surface area (Å²) in [5.41, 5.74) is 2.51. The van der Waals surface area contributed by atoms with Crippen LogP contribution in [0.15, 0.2) is 18.2 Å². The molecular formula is C19H22FN5O2. The fourth-order valence-corrected chi connectivity index (χ4v) is 3.77. The molecule has 142 valence electrons. The molecule has 0 saturated carbocycles. The number of aromatic nitrogens is 2. The van der Waals surface area contributed by atoms with E-state index in [9.17, 15) is 14.0 Å². The van der Waals surface area contributed by atoms with Crippen molar-refractivity contribution < 1.29 is 14.0 Å². The second-order valence-electron chi connectivity index (χ2n) is 7.13. The van der Waals surface area contributed by atoms with Crippen LogP contribution in [0, 0.1) is 12.7 Å². The molecule has 1 aromatic heterocycles. The van der Waals surface area contributed by atoms with Crippen molar-refractivity contribution in [2.75, 3.05) is 28.6 Å². The zero-order valence-corrected chi connectivity index (χ0v) is 15.4. The predicted octanol–water partition coefficient (Wildman–Crippen LogP) is 2.53. The fraction of sp³-hybridized carbons (Fsp3) is 0.421. The second kappa shape index (κ2) is 6.68. The number of hydrogen-bond acceptors (Lipinski definition) is 4. The van der Waals surface area contributed by atoms with E-state index in [1.165, 1.54) is 12.1 Å². The van der Waals surface area contributed by atoms with Gasteiger partial charge in [0.15, 0.2) is 5.82 Å². The maximum Gasteiger partial charge on any atom is 0.232 e. The maximum atomic E-state index is 13.5. The van der Waals surface area contributed by atoms with Crippen molar-refractivity contribution in [3.05, 3.63) is 35.3 Å². The zero-order chi connectivity index (χ0) is 19.1. The molecule has 2 aliphatic rings. The SMILES string of the molecule is Cc1c(NC(=O)C2CC(=O)Nc3cc(F)ccc32)c(N2CCCC2)nn1C. The van der Waals surface area contributed by atoms with E-state index in [2.05, 4.69) is 20.6 Å². The highest BCUT2D eigenvalue weighted by Crippen LogP contribution is 2.36. The van der Waals surface area contributed by atoms with Gasteiger partial charge in [-0.05, 0) is 37.5 Å². The third-order valence-corrected chi connectivity index (χ3v) is 5.34. The maximum absolute atomic E-state index is 13.5. The van der Waals surface area contributed by atoms with Crippen LogP contribution in [0.2, 0.25) is 0 Å². The number of rotatable bonds is 3. The minimum atomic E-state index is -0.666. The van der Waals surface area contributed by atoms with Gasteiger partial charge in [-0.2, -0.15) is 5.10 Å². The first-order valence-electron chi connectivity index (χ1n) is 9.12. The molecule has 0 aliphatic carbocycles. The van der Waals surface area contributed by atoms with Gasteiger partial charge in [0.2, 0.25) is 11.8 Å². The number of aryl methyl sites for hydroxylation is 1. The van der Waals surface area contributed by atoms with Gasteiger partial charge in [0.25, 0.3) is 0 Å². The van der Waals surface area contributed by atoms with Crippen LogP contribution in [0.1, 0.15) is 36.4 Å². The lowest BCUT2D eigenvalue weighted by Crippen LogP contribution is -2.31. The van der Waals surface area contributed by atoms with Crippen LogP contribution in [-0.2, 0) is 16.6 Å². The van der Waals surface area contributed by atoms with Crippen molar-refractivity contribution in [1.82, 2.24) is 9.78 Å². The van der Waals surface area contributed by atoms with Crippen LogP contribution in [0.4, 0.5) is 21.6 Å². The first-order chi connectivity index (χ1) is 12.9. The van der Waals surface area contributed by atoms with Crippen molar-refractivity contribution in [2.24, 2.45) is 7.05 Å². The summed E-state index contributed by atoms with van der Waals surface area (Å²) in [6.07, 6.45) is 2.23. The summed E-state index contributed by atoms with van der Waals surface area (Å²) < 4.78 is 15.3. The minimum Gasteiger partial charge on any atom is -0.353 e. The standard InChI is InChI=1S/C19H22FN5O2/c1-11-17(18(23-24(11)2)25-7-3-4-8-25)22-19(27)14-10-16(26)21-15-9-12(20)5-6-13(14)15/h5-6,9,14H,3-4,7-8,10H2,1-2H3,(H,21,26)(H,22,27). The quantitative estimate of drug-likeness (QED) is 0.869. The predicted molar refractivity (Wildman–Crippen MR) is 100 cm³/mol. The third-order valence-electron chi connectivity index (χ3n) is 5.34. The number of amides is 2. The summed E-state index contributed by atoms with van der Waals surface area (Å²) in [6, 6.07) is 4.12. The van der Waals surface area contributed by atoms with Crippen molar-refractivity contribution in [3.8, 4) is 0 Å². The number of carbonyl (C=O) groups excluding carboxylic acids is 2. The average molecular weight is 371 g/mol. The van der Waals surface area contributed by atoms with Gasteiger partial charge >= 0.3 is 0 Å². The van der Waals surface area contributed by atoms with E-state index in [0.29, 0.717) is 16.9 Å². The zero-order valence-electron chi connectivity index (χ0n) is 15.4. The van der Waals surface area contributed by atoms with Gasteiger partial charge in [-0.15, -0.1) is 0 Å². The molecule has 1 fully saturated rings. The molecule has 1 saturated heterocycles. The van der Waals surface area contributed by atoms with Gasteiger partial charge in [0.05, 0.1) is 11.6 Å². The second-order valence-corrected chi connectivity index (χ2v) is 7.13. The first-order valence-corrected chi connectivity index (χ1v) is 9.12. The Morgan fingerprint density at radius 2 is 2.07 bits per heavy atom. The lowest BCUT2D eigenvalue weighted by Gasteiger charge is -2.25. The van der Waals surface area contributed by atoms with E-state index in [-0.39, 0.29) is 18.2 Å². The molecule has 2 aliphatic heterocycles. The number of carbonyl (C=O) groups is 2. The summed E-state index contributed by atoms with van der Waals surface area (Å²) in [6.45, 7) is 3.72. The van der Waals surface area contributed by atoms with Gasteiger partial charge < -0.3 is 15.5 Å². The number of benzene rings is 1. The van der Waals surface area contributed by atoms with Crippen molar-refractivity contribution in [3.63, 3.8) is 0 Å². The van der Waals surface area contributed by atoms with Gasteiger partial charge in [0.1, 0.15) is 11.5 Å². The monoisotopic (exact) mass is 371 g/mol. The smallest absolute Gasteiger partial charge is 0.232 e. The van der Waals surface area contributed by atoms with Gasteiger partial charge in [-0.25, -0.2) is 4.39 Å². The third kappa shape index (κ3) is 3.15. The average Bonchev–Trinajstić information content (AvgIpc) is 3.24. The molecule has 4 rings (SSSR count). The Balaban J connectivity index is 1.65. The Morgan fingerprint density at radius 1 is 1.33 bits per heavy atom. The Labute approximate surface area is 156 Å². The molecule has 3 heterocycles. The molecular weight excluding hydrogens is 349 g/mol. The van der Waals surface area contributed by atoms with Gasteiger partial charge in [-0.1, -0.05) is 6.07 Å². The first kappa shape index (κ1) is 17.5. The topological polar surface area (TPSA) is 79.3 Å². The number of nitrogens with zero attached hydrogens (tertiary/aromatic N) is 3. The minimum absolute atomic E-state index is 0.0306. The van der Waals surface area contributed by atoms with E-state index in [4.69, 9.17) is 0 Å². The van der Waals surface area contributed by atoms with E-state index in [1.807, 2.05) is 14.0 Å². The van der Waals surface area contributed by atoms with Gasteiger partial charge in [0, 0.05) is 32.2 Å². The Kier molecular flexibility index (Phi) is 4.33. The fourth-order valence-electron chi connectivity index (χ4n) is 3.77. The molecule has 27 heavy (non-hydrogen) atoms. The Morgan fingerprint density at radius 3 is 2.81 bits per heavy atom. The normalized spacial score (nSPS) is 19.0.